The van der Waals surface area contributed by atoms with E-state index >= 15 is 0 Å². The van der Waals surface area contributed by atoms with Gasteiger partial charge in [-0.15, -0.1) is 0 Å². The summed E-state index contributed by atoms with van der Waals surface area (Å²) in [6.07, 6.45) is 5.69. The predicted molar refractivity (Wildman–Crippen MR) is 80.0 cm³/mol. The zero-order valence-corrected chi connectivity index (χ0v) is 12.7. The first-order chi connectivity index (χ1) is 8.71. The molecule has 0 saturated heterocycles. The van der Waals surface area contributed by atoms with E-state index in [-0.39, 0.29) is 0 Å². The van der Waals surface area contributed by atoms with E-state index in [4.69, 9.17) is 9.47 Å². The highest BCUT2D eigenvalue weighted by Crippen LogP contribution is 2.26. The summed E-state index contributed by atoms with van der Waals surface area (Å²) in [5, 5.41) is 0. The summed E-state index contributed by atoms with van der Waals surface area (Å²) in [5.41, 5.74) is 1.24. The number of ether oxygens (including phenoxy) is 2. The largest absolute Gasteiger partial charge is 0.497 e. The van der Waals surface area contributed by atoms with Crippen LogP contribution in [0.4, 0.5) is 0 Å². The lowest BCUT2D eigenvalue weighted by Crippen LogP contribution is -2.00. The quantitative estimate of drug-likeness (QED) is 0.709. The van der Waals surface area contributed by atoms with Gasteiger partial charge in [-0.3, -0.25) is 0 Å². The normalized spacial score (nSPS) is 12.2. The Morgan fingerprint density at radius 3 is 2.61 bits per heavy atom. The molecule has 18 heavy (non-hydrogen) atoms. The smallest absolute Gasteiger partial charge is 0.122 e. The summed E-state index contributed by atoms with van der Waals surface area (Å²) >= 11 is 1.93. The fourth-order valence-corrected chi connectivity index (χ4v) is 2.82. The van der Waals surface area contributed by atoms with Crippen molar-refractivity contribution in [2.45, 2.75) is 26.2 Å². The van der Waals surface area contributed by atoms with Crippen molar-refractivity contribution in [3.63, 3.8) is 0 Å². The van der Waals surface area contributed by atoms with Crippen LogP contribution in [-0.4, -0.2) is 26.2 Å². The Kier molecular flexibility index (Phi) is 7.02. The number of rotatable bonds is 8. The van der Waals surface area contributed by atoms with Gasteiger partial charge in [-0.25, -0.2) is 0 Å². The van der Waals surface area contributed by atoms with Crippen LogP contribution in [0, 0.1) is 5.92 Å². The summed E-state index contributed by atoms with van der Waals surface area (Å²) < 4.78 is 10.7. The van der Waals surface area contributed by atoms with Crippen LogP contribution >= 0.6 is 11.8 Å². The van der Waals surface area contributed by atoms with Crippen molar-refractivity contribution < 1.29 is 9.47 Å². The average Bonchev–Trinajstić information content (AvgIpc) is 2.39. The molecular weight excluding hydrogens is 244 g/mol. The van der Waals surface area contributed by atoms with Gasteiger partial charge in [0.05, 0.1) is 14.2 Å². The van der Waals surface area contributed by atoms with E-state index in [1.807, 2.05) is 23.9 Å². The molecule has 1 aromatic rings. The summed E-state index contributed by atoms with van der Waals surface area (Å²) in [4.78, 5) is 0. The molecule has 0 amide bonds. The lowest BCUT2D eigenvalue weighted by atomic mass is 10.0. The third-order valence-electron chi connectivity index (χ3n) is 3.08. The van der Waals surface area contributed by atoms with Gasteiger partial charge in [0.1, 0.15) is 11.5 Å². The molecule has 0 N–H and O–H groups in total. The number of aryl methyl sites for hydroxylation is 1. The summed E-state index contributed by atoms with van der Waals surface area (Å²) in [5.74, 6) is 3.91. The van der Waals surface area contributed by atoms with E-state index in [1.54, 1.807) is 14.2 Å². The van der Waals surface area contributed by atoms with Gasteiger partial charge in [-0.05, 0) is 61.0 Å². The fourth-order valence-electron chi connectivity index (χ4n) is 2.09. The Balaban J connectivity index is 2.54. The molecule has 0 aliphatic heterocycles. The van der Waals surface area contributed by atoms with E-state index in [2.05, 4.69) is 19.2 Å². The zero-order chi connectivity index (χ0) is 13.4. The van der Waals surface area contributed by atoms with Gasteiger partial charge in [0, 0.05) is 0 Å². The van der Waals surface area contributed by atoms with Gasteiger partial charge in [-0.1, -0.05) is 6.92 Å². The lowest BCUT2D eigenvalue weighted by molar-refractivity contribution is 0.397. The van der Waals surface area contributed by atoms with Crippen molar-refractivity contribution in [3.05, 3.63) is 23.8 Å². The first kappa shape index (κ1) is 15.2. The summed E-state index contributed by atoms with van der Waals surface area (Å²) in [6.45, 7) is 2.32. The maximum atomic E-state index is 5.39. The standard InChI is InChI=1S/C15H24O2S/c1-12(11-18-4)6-5-7-13-10-14(16-2)8-9-15(13)17-3/h8-10,12H,5-7,11H2,1-4H3. The van der Waals surface area contributed by atoms with E-state index in [0.717, 1.165) is 23.8 Å². The van der Waals surface area contributed by atoms with Crippen molar-refractivity contribution in [1.82, 2.24) is 0 Å². The third kappa shape index (κ3) is 4.81. The SMILES string of the molecule is COc1ccc(OC)c(CCCC(C)CSC)c1. The average molecular weight is 268 g/mol. The molecule has 0 heterocycles. The van der Waals surface area contributed by atoms with Crippen LogP contribution in [0.25, 0.3) is 0 Å². The Hall–Kier alpha value is -0.830. The molecule has 3 heteroatoms. The van der Waals surface area contributed by atoms with Crippen LogP contribution in [0.5, 0.6) is 11.5 Å². The molecule has 0 aromatic heterocycles. The Morgan fingerprint density at radius 1 is 1.22 bits per heavy atom. The van der Waals surface area contributed by atoms with Crippen LogP contribution in [0.3, 0.4) is 0 Å². The Morgan fingerprint density at radius 2 is 2.00 bits per heavy atom. The van der Waals surface area contributed by atoms with E-state index in [0.29, 0.717) is 0 Å². The van der Waals surface area contributed by atoms with Crippen LogP contribution < -0.4 is 9.47 Å². The number of methoxy groups -OCH3 is 2. The second-order valence-corrected chi connectivity index (χ2v) is 5.54. The molecule has 0 radical (unpaired) electrons. The van der Waals surface area contributed by atoms with Crippen LogP contribution in [0.1, 0.15) is 25.3 Å². The fraction of sp³-hybridized carbons (Fsp3) is 0.600. The molecule has 1 unspecified atom stereocenters. The number of hydrogen-bond donors (Lipinski definition) is 0. The summed E-state index contributed by atoms with van der Waals surface area (Å²) in [7, 11) is 3.42. The Bertz CT molecular complexity index is 352. The molecule has 2 nitrogen and oxygen atoms in total. The molecule has 0 saturated carbocycles. The molecule has 1 rings (SSSR count). The van der Waals surface area contributed by atoms with Crippen LogP contribution in [0.15, 0.2) is 18.2 Å². The van der Waals surface area contributed by atoms with Crippen LogP contribution in [0.2, 0.25) is 0 Å². The molecule has 1 atom stereocenters. The molecule has 0 bridgehead atoms. The highest BCUT2D eigenvalue weighted by molar-refractivity contribution is 7.98. The molecule has 102 valence electrons. The van der Waals surface area contributed by atoms with E-state index in [9.17, 15) is 0 Å². The predicted octanol–water partition coefficient (Wildman–Crippen LogP) is 4.03. The molecular formula is C15H24O2S. The van der Waals surface area contributed by atoms with Crippen molar-refractivity contribution >= 4 is 11.8 Å². The third-order valence-corrected chi connectivity index (χ3v) is 3.98. The van der Waals surface area contributed by atoms with Gasteiger partial charge in [0.15, 0.2) is 0 Å². The molecule has 0 aliphatic carbocycles. The summed E-state index contributed by atoms with van der Waals surface area (Å²) in [6, 6.07) is 6.01. The highest BCUT2D eigenvalue weighted by atomic mass is 32.2. The highest BCUT2D eigenvalue weighted by Gasteiger charge is 2.06. The molecule has 0 fully saturated rings. The number of benzene rings is 1. The topological polar surface area (TPSA) is 18.5 Å². The van der Waals surface area contributed by atoms with Crippen molar-refractivity contribution in [2.75, 3.05) is 26.2 Å². The monoisotopic (exact) mass is 268 g/mol. The first-order valence-corrected chi connectivity index (χ1v) is 7.80. The van der Waals surface area contributed by atoms with Crippen LogP contribution in [-0.2, 0) is 6.42 Å². The number of hydrogen-bond acceptors (Lipinski definition) is 3. The second kappa shape index (κ2) is 8.30. The minimum absolute atomic E-state index is 0.789. The van der Waals surface area contributed by atoms with Gasteiger partial charge >= 0.3 is 0 Å². The minimum atomic E-state index is 0.789. The molecule has 1 aromatic carbocycles. The molecule has 0 spiro atoms. The first-order valence-electron chi connectivity index (χ1n) is 6.41. The second-order valence-electron chi connectivity index (χ2n) is 4.63. The van der Waals surface area contributed by atoms with Gasteiger partial charge in [-0.2, -0.15) is 11.8 Å². The maximum absolute atomic E-state index is 5.39. The Labute approximate surface area is 115 Å². The number of thioether (sulfide) groups is 1. The van der Waals surface area contributed by atoms with Crippen molar-refractivity contribution in [2.24, 2.45) is 5.92 Å². The maximum Gasteiger partial charge on any atom is 0.122 e. The van der Waals surface area contributed by atoms with Gasteiger partial charge < -0.3 is 9.47 Å². The van der Waals surface area contributed by atoms with Gasteiger partial charge in [0.25, 0.3) is 0 Å². The zero-order valence-electron chi connectivity index (χ0n) is 11.9. The van der Waals surface area contributed by atoms with Crippen molar-refractivity contribution in [1.29, 1.82) is 0 Å². The van der Waals surface area contributed by atoms with E-state index in [1.165, 1.54) is 24.2 Å². The lowest BCUT2D eigenvalue weighted by Gasteiger charge is -2.12. The van der Waals surface area contributed by atoms with Gasteiger partial charge in [0.2, 0.25) is 0 Å². The minimum Gasteiger partial charge on any atom is -0.497 e. The molecule has 0 aliphatic rings. The van der Waals surface area contributed by atoms with E-state index < -0.39 is 0 Å². The van der Waals surface area contributed by atoms with Crippen molar-refractivity contribution in [3.8, 4) is 11.5 Å².